The van der Waals surface area contributed by atoms with Gasteiger partial charge in [-0.1, -0.05) is 78.9 Å². The Morgan fingerprint density at radius 1 is 0.949 bits per heavy atom. The molecule has 1 saturated heterocycles. The van der Waals surface area contributed by atoms with Crippen LogP contribution in [0.3, 0.4) is 0 Å². The highest BCUT2D eigenvalue weighted by Gasteiger charge is 2.40. The molecule has 0 aliphatic carbocycles. The highest BCUT2D eigenvalue weighted by atomic mass is 16.2. The first-order valence-corrected chi connectivity index (χ1v) is 13.1. The minimum absolute atomic E-state index is 0.0256. The lowest BCUT2D eigenvalue weighted by molar-refractivity contribution is 0.0401. The molecule has 8 heteroatoms. The summed E-state index contributed by atoms with van der Waals surface area (Å²) in [4.78, 5) is 15.8. The molecule has 196 valence electrons. The van der Waals surface area contributed by atoms with Crippen molar-refractivity contribution in [2.45, 2.75) is 25.6 Å². The molecule has 1 aliphatic rings. The van der Waals surface area contributed by atoms with E-state index >= 15 is 0 Å². The van der Waals surface area contributed by atoms with Crippen molar-refractivity contribution < 1.29 is 4.79 Å². The van der Waals surface area contributed by atoms with E-state index in [1.807, 2.05) is 74.8 Å². The van der Waals surface area contributed by atoms with Crippen LogP contribution in [-0.2, 0) is 13.6 Å². The molecule has 0 bridgehead atoms. The number of likely N-dealkylation sites (tertiary alicyclic amines) is 1. The summed E-state index contributed by atoms with van der Waals surface area (Å²) in [5.74, 6) is 0.634. The molecule has 1 aliphatic heterocycles. The molecular weight excluding hydrogens is 486 g/mol. The molecule has 5 aromatic rings. The summed E-state index contributed by atoms with van der Waals surface area (Å²) in [6, 6.07) is 30.5. The topological polar surface area (TPSA) is 80.0 Å². The summed E-state index contributed by atoms with van der Waals surface area (Å²) in [6.07, 6.45) is 3.71. The molecule has 1 fully saturated rings. The molecule has 2 N–H and O–H groups in total. The van der Waals surface area contributed by atoms with Crippen LogP contribution in [0, 0.1) is 6.92 Å². The quantitative estimate of drug-likeness (QED) is 0.306. The molecule has 39 heavy (non-hydrogen) atoms. The van der Waals surface area contributed by atoms with Gasteiger partial charge in [0.25, 0.3) is 0 Å². The number of benzene rings is 3. The largest absolute Gasteiger partial charge is 0.332 e. The molecule has 2 aromatic heterocycles. The van der Waals surface area contributed by atoms with Crippen LogP contribution >= 0.6 is 0 Å². The number of para-hydroxylation sites is 1. The number of aromatic nitrogens is 4. The first-order valence-electron chi connectivity index (χ1n) is 13.1. The molecule has 2 atom stereocenters. The van der Waals surface area contributed by atoms with Gasteiger partial charge in [-0.3, -0.25) is 14.9 Å². The van der Waals surface area contributed by atoms with Crippen LogP contribution in [0.15, 0.2) is 103 Å². The number of hydrogen-bond acceptors (Lipinski definition) is 4. The summed E-state index contributed by atoms with van der Waals surface area (Å²) in [5, 5.41) is 15.5. The Morgan fingerprint density at radius 2 is 1.62 bits per heavy atom. The summed E-state index contributed by atoms with van der Waals surface area (Å²) >= 11 is 0. The van der Waals surface area contributed by atoms with E-state index in [0.29, 0.717) is 5.82 Å². The predicted molar refractivity (Wildman–Crippen MR) is 152 cm³/mol. The van der Waals surface area contributed by atoms with Crippen LogP contribution in [-0.4, -0.2) is 43.1 Å². The maximum absolute atomic E-state index is 13.4. The average Bonchev–Trinajstić information content (AvgIpc) is 3.52. The van der Waals surface area contributed by atoms with Gasteiger partial charge < -0.3 is 5.32 Å². The van der Waals surface area contributed by atoms with Crippen molar-refractivity contribution >= 4 is 11.8 Å². The van der Waals surface area contributed by atoms with Gasteiger partial charge >= 0.3 is 6.03 Å². The molecule has 0 unspecified atom stereocenters. The van der Waals surface area contributed by atoms with Crippen molar-refractivity contribution in [3.63, 3.8) is 0 Å². The van der Waals surface area contributed by atoms with E-state index in [2.05, 4.69) is 57.0 Å². The Morgan fingerprint density at radius 3 is 2.28 bits per heavy atom. The Kier molecular flexibility index (Phi) is 6.69. The second-order valence-corrected chi connectivity index (χ2v) is 9.95. The summed E-state index contributed by atoms with van der Waals surface area (Å²) in [5.41, 5.74) is 5.86. The first kappa shape index (κ1) is 24.6. The maximum Gasteiger partial charge on any atom is 0.320 e. The normalized spacial score (nSPS) is 17.0. The zero-order chi connectivity index (χ0) is 26.8. The van der Waals surface area contributed by atoms with E-state index in [4.69, 9.17) is 5.10 Å². The second-order valence-electron chi connectivity index (χ2n) is 9.95. The molecule has 0 saturated carbocycles. The van der Waals surface area contributed by atoms with Gasteiger partial charge in [-0.15, -0.1) is 0 Å². The SMILES string of the molecule is Cc1c(-c2cnn(C)c2)nn(-c2ccccc2)c1NC(=O)N[C@@H]1CN(Cc2ccccc2)[C@H]1c1ccccc1. The molecular formula is C31H31N7O. The van der Waals surface area contributed by atoms with Crippen LogP contribution in [0.1, 0.15) is 22.7 Å². The monoisotopic (exact) mass is 517 g/mol. The second kappa shape index (κ2) is 10.6. The van der Waals surface area contributed by atoms with E-state index in [9.17, 15) is 4.79 Å². The van der Waals surface area contributed by atoms with Gasteiger partial charge in [-0.05, 0) is 30.2 Å². The molecule has 2 amide bonds. The number of aryl methyl sites for hydroxylation is 1. The van der Waals surface area contributed by atoms with Crippen LogP contribution in [0.2, 0.25) is 0 Å². The minimum atomic E-state index is -0.252. The highest BCUT2D eigenvalue weighted by Crippen LogP contribution is 2.35. The van der Waals surface area contributed by atoms with Crippen molar-refractivity contribution in [3.8, 4) is 16.9 Å². The Labute approximate surface area is 227 Å². The third-order valence-corrected chi connectivity index (χ3v) is 7.23. The number of anilines is 1. The lowest BCUT2D eigenvalue weighted by atomic mass is 9.89. The summed E-state index contributed by atoms with van der Waals surface area (Å²) in [7, 11) is 1.88. The smallest absolute Gasteiger partial charge is 0.320 e. The van der Waals surface area contributed by atoms with Crippen LogP contribution in [0.5, 0.6) is 0 Å². The maximum atomic E-state index is 13.4. The Balaban J connectivity index is 1.24. The third-order valence-electron chi connectivity index (χ3n) is 7.23. The first-order chi connectivity index (χ1) is 19.1. The Hall–Kier alpha value is -4.69. The van der Waals surface area contributed by atoms with E-state index in [1.165, 1.54) is 11.1 Å². The zero-order valence-electron chi connectivity index (χ0n) is 22.0. The number of amides is 2. The molecule has 3 heterocycles. The van der Waals surface area contributed by atoms with Gasteiger partial charge in [-0.2, -0.15) is 10.2 Å². The van der Waals surface area contributed by atoms with Gasteiger partial charge in [0.05, 0.1) is 24.0 Å². The van der Waals surface area contributed by atoms with Crippen molar-refractivity contribution in [1.29, 1.82) is 0 Å². The van der Waals surface area contributed by atoms with Crippen molar-refractivity contribution in [3.05, 3.63) is 120 Å². The van der Waals surface area contributed by atoms with Gasteiger partial charge in [0, 0.05) is 37.5 Å². The minimum Gasteiger partial charge on any atom is -0.332 e. The average molecular weight is 518 g/mol. The summed E-state index contributed by atoms with van der Waals surface area (Å²) < 4.78 is 3.53. The van der Waals surface area contributed by atoms with Crippen molar-refractivity contribution in [2.24, 2.45) is 7.05 Å². The van der Waals surface area contributed by atoms with E-state index in [1.54, 1.807) is 15.6 Å². The molecule has 0 radical (unpaired) electrons. The van der Waals surface area contributed by atoms with Gasteiger partial charge in [0.1, 0.15) is 11.5 Å². The number of urea groups is 1. The van der Waals surface area contributed by atoms with Gasteiger partial charge in [0.2, 0.25) is 0 Å². The van der Waals surface area contributed by atoms with E-state index in [0.717, 1.165) is 35.6 Å². The fraction of sp³-hybridized carbons (Fsp3) is 0.194. The number of carbonyl (C=O) groups excluding carboxylic acids is 1. The third kappa shape index (κ3) is 5.06. The fourth-order valence-corrected chi connectivity index (χ4v) is 5.31. The molecule has 3 aromatic carbocycles. The predicted octanol–water partition coefficient (Wildman–Crippen LogP) is 5.33. The highest BCUT2D eigenvalue weighted by molar-refractivity contribution is 5.91. The van der Waals surface area contributed by atoms with Crippen LogP contribution in [0.4, 0.5) is 10.6 Å². The number of rotatable bonds is 7. The number of carbonyl (C=O) groups is 1. The van der Waals surface area contributed by atoms with Crippen LogP contribution < -0.4 is 10.6 Å². The van der Waals surface area contributed by atoms with Crippen molar-refractivity contribution in [2.75, 3.05) is 11.9 Å². The fourth-order valence-electron chi connectivity index (χ4n) is 5.31. The molecule has 0 spiro atoms. The van der Waals surface area contributed by atoms with Crippen molar-refractivity contribution in [1.82, 2.24) is 29.8 Å². The van der Waals surface area contributed by atoms with Gasteiger partial charge in [-0.25, -0.2) is 9.48 Å². The van der Waals surface area contributed by atoms with E-state index < -0.39 is 0 Å². The van der Waals surface area contributed by atoms with E-state index in [-0.39, 0.29) is 18.1 Å². The van der Waals surface area contributed by atoms with Crippen LogP contribution in [0.25, 0.3) is 16.9 Å². The Bertz CT molecular complexity index is 1560. The molecule has 6 rings (SSSR count). The number of nitrogens with one attached hydrogen (secondary N) is 2. The number of nitrogens with zero attached hydrogens (tertiary/aromatic N) is 5. The lowest BCUT2D eigenvalue weighted by Gasteiger charge is -2.48. The number of hydrogen-bond donors (Lipinski definition) is 2. The van der Waals surface area contributed by atoms with Gasteiger partial charge in [0.15, 0.2) is 0 Å². The standard InChI is InChI=1S/C31H31N7O/c1-22-28(25-18-32-36(2)20-25)35-38(26-16-10-5-11-17-26)30(22)34-31(39)33-27-21-37(19-23-12-6-3-7-13-23)29(27)24-14-8-4-9-15-24/h3-18,20,27,29H,19,21H2,1-2H3,(H2,33,34,39)/t27-,29+/m1/s1. The lowest BCUT2D eigenvalue weighted by Crippen LogP contribution is -2.61. The summed E-state index contributed by atoms with van der Waals surface area (Å²) in [6.45, 7) is 3.57. The zero-order valence-corrected chi connectivity index (χ0v) is 22.0. The molecule has 8 nitrogen and oxygen atoms in total.